The Bertz CT molecular complexity index is 1260. The molecule has 2 amide bonds. The first-order valence-corrected chi connectivity index (χ1v) is 12.2. The van der Waals surface area contributed by atoms with E-state index in [1.54, 1.807) is 18.2 Å². The molecule has 0 aliphatic heterocycles. The summed E-state index contributed by atoms with van der Waals surface area (Å²) in [5, 5.41) is 13.1. The molecule has 14 heteroatoms. The summed E-state index contributed by atoms with van der Waals surface area (Å²) in [7, 11) is 4.46. The molecule has 196 valence electrons. The molecule has 0 bridgehead atoms. The number of nitrogens with one attached hydrogen (secondary N) is 2. The van der Waals surface area contributed by atoms with Crippen LogP contribution in [0.25, 0.3) is 6.08 Å². The van der Waals surface area contributed by atoms with Gasteiger partial charge in [-0.2, -0.15) is 13.2 Å². The summed E-state index contributed by atoms with van der Waals surface area (Å²) in [6.45, 7) is 0. The third kappa shape index (κ3) is 7.85. The maximum Gasteiger partial charge on any atom is 0.416 e. The van der Waals surface area contributed by atoms with Gasteiger partial charge in [-0.05, 0) is 48.0 Å². The van der Waals surface area contributed by atoms with Crippen LogP contribution in [0.15, 0.2) is 46.8 Å². The zero-order valence-corrected chi connectivity index (χ0v) is 21.3. The highest BCUT2D eigenvalue weighted by atomic mass is 32.2. The van der Waals surface area contributed by atoms with Gasteiger partial charge in [0.15, 0.2) is 15.8 Å². The average Bonchev–Trinajstić information content (AvgIpc) is 3.32. The molecule has 2 N–H and O–H groups in total. The van der Waals surface area contributed by atoms with E-state index in [1.807, 2.05) is 0 Å². The molecule has 0 radical (unpaired) electrons. The largest absolute Gasteiger partial charge is 0.493 e. The molecule has 0 aliphatic carbocycles. The van der Waals surface area contributed by atoms with Crippen molar-refractivity contribution >= 4 is 51.8 Å². The van der Waals surface area contributed by atoms with Crippen LogP contribution in [-0.2, 0) is 15.8 Å². The summed E-state index contributed by atoms with van der Waals surface area (Å²) in [6, 6.07) is 7.49. The second-order valence-electron chi connectivity index (χ2n) is 7.07. The van der Waals surface area contributed by atoms with Crippen molar-refractivity contribution in [2.75, 3.05) is 37.7 Å². The van der Waals surface area contributed by atoms with E-state index in [0.717, 1.165) is 35.2 Å². The molecular formula is C23H21F3N4O5S2. The Hall–Kier alpha value is -3.78. The minimum atomic E-state index is -4.45. The van der Waals surface area contributed by atoms with Crippen LogP contribution in [0.4, 0.5) is 24.0 Å². The topological polar surface area (TPSA) is 112 Å². The fraction of sp³-hybridized carbons (Fsp3) is 0.217. The van der Waals surface area contributed by atoms with E-state index in [1.165, 1.54) is 39.5 Å². The summed E-state index contributed by atoms with van der Waals surface area (Å²) in [6.07, 6.45) is -1.59. The lowest BCUT2D eigenvalue weighted by Crippen LogP contribution is -2.14. The number of carbonyl (C=O) groups is 2. The number of alkyl halides is 3. The Morgan fingerprint density at radius 1 is 1.00 bits per heavy atom. The lowest BCUT2D eigenvalue weighted by Gasteiger charge is -2.12. The predicted molar refractivity (Wildman–Crippen MR) is 134 cm³/mol. The molecule has 9 nitrogen and oxygen atoms in total. The third-order valence-corrected chi connectivity index (χ3v) is 6.55. The van der Waals surface area contributed by atoms with E-state index in [0.29, 0.717) is 27.2 Å². The first kappa shape index (κ1) is 27.8. The molecule has 3 rings (SSSR count). The number of thioether (sulfide) groups is 1. The molecule has 1 aromatic heterocycles. The highest BCUT2D eigenvalue weighted by molar-refractivity contribution is 8.01. The van der Waals surface area contributed by atoms with Crippen LogP contribution in [0.2, 0.25) is 0 Å². The summed E-state index contributed by atoms with van der Waals surface area (Å²) in [4.78, 5) is 24.4. The van der Waals surface area contributed by atoms with Crippen molar-refractivity contribution in [1.82, 2.24) is 10.2 Å². The molecule has 0 atom stereocenters. The monoisotopic (exact) mass is 554 g/mol. The van der Waals surface area contributed by atoms with Crippen LogP contribution in [0.3, 0.4) is 0 Å². The maximum absolute atomic E-state index is 12.6. The van der Waals surface area contributed by atoms with E-state index >= 15 is 0 Å². The van der Waals surface area contributed by atoms with Crippen molar-refractivity contribution in [3.8, 4) is 17.2 Å². The van der Waals surface area contributed by atoms with Gasteiger partial charge < -0.3 is 19.5 Å². The molecule has 0 fully saturated rings. The van der Waals surface area contributed by atoms with Gasteiger partial charge in [-0.15, -0.1) is 10.2 Å². The van der Waals surface area contributed by atoms with E-state index in [-0.39, 0.29) is 16.6 Å². The molecule has 0 saturated heterocycles. The summed E-state index contributed by atoms with van der Waals surface area (Å²) >= 11 is 2.14. The van der Waals surface area contributed by atoms with Crippen molar-refractivity contribution in [3.05, 3.63) is 53.6 Å². The molecule has 2 aromatic carbocycles. The molecular weight excluding hydrogens is 533 g/mol. The van der Waals surface area contributed by atoms with E-state index in [4.69, 9.17) is 14.2 Å². The molecule has 3 aromatic rings. The van der Waals surface area contributed by atoms with Crippen molar-refractivity contribution in [3.63, 3.8) is 0 Å². The minimum absolute atomic E-state index is 0.0510. The maximum atomic E-state index is 12.6. The number of hydrogen-bond donors (Lipinski definition) is 2. The van der Waals surface area contributed by atoms with E-state index in [2.05, 4.69) is 20.8 Å². The van der Waals surface area contributed by atoms with Gasteiger partial charge in [-0.3, -0.25) is 14.9 Å². The standard InChI is InChI=1S/C23H21F3N4O5S2/c1-33-16-10-13(11-17(34-2)20(16)35-3)4-9-18(31)28-21-29-30-22(37-21)36-12-19(32)27-15-7-5-14(6-8-15)23(24,25)26/h4-11H,12H2,1-3H3,(H,27,32)(H,28,29,31)/b9-4+. The number of benzene rings is 2. The number of aromatic nitrogens is 2. The molecule has 0 saturated carbocycles. The number of carbonyl (C=O) groups excluding carboxylic acids is 2. The number of rotatable bonds is 10. The molecule has 0 spiro atoms. The number of ether oxygens (including phenoxy) is 3. The quantitative estimate of drug-likeness (QED) is 0.205. The third-order valence-electron chi connectivity index (χ3n) is 4.57. The fourth-order valence-corrected chi connectivity index (χ4v) is 4.46. The minimum Gasteiger partial charge on any atom is -0.493 e. The van der Waals surface area contributed by atoms with Crippen molar-refractivity contribution in [2.45, 2.75) is 10.5 Å². The number of nitrogens with zero attached hydrogens (tertiary/aromatic N) is 2. The lowest BCUT2D eigenvalue weighted by atomic mass is 10.1. The Labute approximate surface area is 218 Å². The Balaban J connectivity index is 1.52. The SMILES string of the molecule is COc1cc(/C=C/C(=O)Nc2nnc(SCC(=O)Nc3ccc(C(F)(F)F)cc3)s2)cc(OC)c1OC. The number of anilines is 2. The smallest absolute Gasteiger partial charge is 0.416 e. The van der Waals surface area contributed by atoms with Gasteiger partial charge in [0.1, 0.15) is 0 Å². The first-order valence-electron chi connectivity index (χ1n) is 10.4. The number of halogens is 3. The second-order valence-corrected chi connectivity index (χ2v) is 9.27. The van der Waals surface area contributed by atoms with Gasteiger partial charge in [-0.1, -0.05) is 23.1 Å². The van der Waals surface area contributed by atoms with Crippen LogP contribution in [0, 0.1) is 0 Å². The highest BCUT2D eigenvalue weighted by Crippen LogP contribution is 2.38. The average molecular weight is 555 g/mol. The van der Waals surface area contributed by atoms with Crippen LogP contribution in [-0.4, -0.2) is 49.1 Å². The number of methoxy groups -OCH3 is 3. The van der Waals surface area contributed by atoms with Gasteiger partial charge >= 0.3 is 6.18 Å². The first-order chi connectivity index (χ1) is 17.6. The number of hydrogen-bond acceptors (Lipinski definition) is 9. The van der Waals surface area contributed by atoms with Crippen molar-refractivity contribution < 1.29 is 37.0 Å². The zero-order valence-electron chi connectivity index (χ0n) is 19.7. The zero-order chi connectivity index (χ0) is 27.0. The van der Waals surface area contributed by atoms with Crippen molar-refractivity contribution in [2.24, 2.45) is 0 Å². The number of amides is 2. The van der Waals surface area contributed by atoms with Gasteiger partial charge in [0.25, 0.3) is 0 Å². The second kappa shape index (κ2) is 12.5. The normalized spacial score (nSPS) is 11.3. The Kier molecular flexibility index (Phi) is 9.36. The molecule has 0 unspecified atom stereocenters. The summed E-state index contributed by atoms with van der Waals surface area (Å²) in [5.41, 5.74) is 0.0709. The molecule has 0 aliphatic rings. The van der Waals surface area contributed by atoms with Gasteiger partial charge in [0.2, 0.25) is 22.7 Å². The van der Waals surface area contributed by atoms with Crippen LogP contribution in [0.1, 0.15) is 11.1 Å². The van der Waals surface area contributed by atoms with Gasteiger partial charge in [0, 0.05) is 11.8 Å². The van der Waals surface area contributed by atoms with Crippen molar-refractivity contribution in [1.29, 1.82) is 0 Å². The van der Waals surface area contributed by atoms with Gasteiger partial charge in [0.05, 0.1) is 32.6 Å². The fourth-order valence-electron chi connectivity index (χ4n) is 2.90. The van der Waals surface area contributed by atoms with Crippen LogP contribution >= 0.6 is 23.1 Å². The van der Waals surface area contributed by atoms with E-state index < -0.39 is 23.6 Å². The van der Waals surface area contributed by atoms with Crippen LogP contribution < -0.4 is 24.8 Å². The Morgan fingerprint density at radius 3 is 2.22 bits per heavy atom. The summed E-state index contributed by atoms with van der Waals surface area (Å²) < 4.78 is 54.1. The summed E-state index contributed by atoms with van der Waals surface area (Å²) in [5.74, 6) is 0.369. The molecule has 37 heavy (non-hydrogen) atoms. The predicted octanol–water partition coefficient (Wildman–Crippen LogP) is 4.97. The lowest BCUT2D eigenvalue weighted by molar-refractivity contribution is -0.137. The van der Waals surface area contributed by atoms with Gasteiger partial charge in [-0.25, -0.2) is 0 Å². The Morgan fingerprint density at radius 2 is 1.65 bits per heavy atom. The van der Waals surface area contributed by atoms with E-state index in [9.17, 15) is 22.8 Å². The molecule has 1 heterocycles. The highest BCUT2D eigenvalue weighted by Gasteiger charge is 2.30. The van der Waals surface area contributed by atoms with Crippen LogP contribution in [0.5, 0.6) is 17.2 Å².